The number of hydrogen-bond donors (Lipinski definition) is 4. The number of carbonyl (C=O) groups is 2. The highest BCUT2D eigenvalue weighted by molar-refractivity contribution is 7.88. The van der Waals surface area contributed by atoms with Crippen LogP contribution >= 0.6 is 0 Å². The highest BCUT2D eigenvalue weighted by Gasteiger charge is 2.61. The molecule has 2 amide bonds. The zero-order valence-corrected chi connectivity index (χ0v) is 13.8. The van der Waals surface area contributed by atoms with Crippen LogP contribution in [0.5, 0.6) is 0 Å². The second kappa shape index (κ2) is 5.51. The van der Waals surface area contributed by atoms with Gasteiger partial charge in [-0.1, -0.05) is 0 Å². The van der Waals surface area contributed by atoms with Gasteiger partial charge in [0.2, 0.25) is 5.78 Å². The molecule has 2 atom stereocenters. The topological polar surface area (TPSA) is 197 Å². The molecule has 1 saturated heterocycles. The third kappa shape index (κ3) is 2.88. The van der Waals surface area contributed by atoms with Crippen LogP contribution in [0.3, 0.4) is 0 Å². The van der Waals surface area contributed by atoms with Gasteiger partial charge in [-0.05, 0) is 0 Å². The van der Waals surface area contributed by atoms with Crippen LogP contribution in [0.4, 0.5) is 4.79 Å². The third-order valence-corrected chi connectivity index (χ3v) is 6.61. The van der Waals surface area contributed by atoms with E-state index in [4.69, 9.17) is 5.73 Å². The smallest absolute Gasteiger partial charge is 0.332 e. The predicted molar refractivity (Wildman–Crippen MR) is 79.9 cm³/mol. The first-order chi connectivity index (χ1) is 10.8. The maximum atomic E-state index is 12.0. The van der Waals surface area contributed by atoms with Gasteiger partial charge in [0.1, 0.15) is 10.5 Å². The molecule has 14 heteroatoms. The first kappa shape index (κ1) is 18.3. The van der Waals surface area contributed by atoms with Gasteiger partial charge >= 0.3 is 6.03 Å². The summed E-state index contributed by atoms with van der Waals surface area (Å²) in [5.74, 6) is -0.805. The molecule has 0 bridgehead atoms. The summed E-state index contributed by atoms with van der Waals surface area (Å²) < 4.78 is 63.5. The molecule has 0 radical (unpaired) electrons. The van der Waals surface area contributed by atoms with Crippen molar-refractivity contribution >= 4 is 37.8 Å². The molecule has 1 aliphatic heterocycles. The van der Waals surface area contributed by atoms with Crippen molar-refractivity contribution in [2.24, 2.45) is 10.8 Å². The van der Waals surface area contributed by atoms with Crippen LogP contribution in [-0.2, 0) is 25.0 Å². The maximum Gasteiger partial charge on any atom is 0.332 e. The number of nitrogens with one attached hydrogen (secondary N) is 1. The number of hydrogen-bond acceptors (Lipinski definition) is 8. The van der Waals surface area contributed by atoms with Gasteiger partial charge in [0.05, 0.1) is 0 Å². The normalized spacial score (nSPS) is 29.4. The minimum absolute atomic E-state index is 0.296. The molecule has 5 N–H and O–H groups in total. The number of nitrogens with two attached hydrogens (primary N) is 1. The van der Waals surface area contributed by atoms with E-state index in [0.29, 0.717) is 0 Å². The highest BCUT2D eigenvalue weighted by atomic mass is 32.2. The number of ketones is 1. The van der Waals surface area contributed by atoms with E-state index in [1.807, 2.05) is 0 Å². The molecule has 0 aromatic heterocycles. The van der Waals surface area contributed by atoms with E-state index >= 15 is 0 Å². The summed E-state index contributed by atoms with van der Waals surface area (Å²) in [7, 11) is -8.45. The van der Waals surface area contributed by atoms with E-state index in [9.17, 15) is 35.5 Å². The molecular weight excluding hydrogens is 368 g/mol. The Kier molecular flexibility index (Phi) is 4.20. The van der Waals surface area contributed by atoms with Gasteiger partial charge < -0.3 is 10.6 Å². The molecule has 2 unspecified atom stereocenters. The van der Waals surface area contributed by atoms with Crippen LogP contribution in [-0.4, -0.2) is 65.5 Å². The Labute approximate surface area is 136 Å². The van der Waals surface area contributed by atoms with Gasteiger partial charge in [0.25, 0.3) is 20.2 Å². The summed E-state index contributed by atoms with van der Waals surface area (Å²) >= 11 is 0. The molecule has 0 saturated carbocycles. The van der Waals surface area contributed by atoms with Crippen LogP contribution in [0.2, 0.25) is 0 Å². The third-order valence-electron chi connectivity index (χ3n) is 3.93. The fourth-order valence-electron chi connectivity index (χ4n) is 2.81. The first-order valence-corrected chi connectivity index (χ1v) is 9.28. The van der Waals surface area contributed by atoms with E-state index in [-0.39, 0.29) is 5.70 Å². The molecule has 0 aromatic carbocycles. The molecule has 0 spiro atoms. The number of allylic oxidation sites excluding steroid dienone is 1. The van der Waals surface area contributed by atoms with Crippen molar-refractivity contribution in [3.05, 3.63) is 11.8 Å². The zero-order chi connectivity index (χ0) is 18.5. The van der Waals surface area contributed by atoms with E-state index < -0.39 is 60.7 Å². The van der Waals surface area contributed by atoms with E-state index in [1.54, 1.807) is 5.43 Å². The molecule has 1 aliphatic carbocycles. The maximum absolute atomic E-state index is 12.0. The van der Waals surface area contributed by atoms with Crippen molar-refractivity contribution < 1.29 is 35.5 Å². The Hall–Kier alpha value is -2.03. The lowest BCUT2D eigenvalue weighted by Crippen LogP contribution is -2.46. The number of amides is 2. The van der Waals surface area contributed by atoms with E-state index in [0.717, 1.165) is 18.0 Å². The number of hydrazone groups is 1. The monoisotopic (exact) mass is 382 g/mol. The number of nitrogens with zero attached hydrogens (tertiary/aromatic N) is 2. The first-order valence-electron chi connectivity index (χ1n) is 6.34. The summed E-state index contributed by atoms with van der Waals surface area (Å²) in [5, 5.41) is 1.71. The SMILES string of the molecule is CN1C2=CC(=O)/C(=N\NC(N)=O)CC2(S(=O)(=O)O)CC1S(=O)(=O)O. The Morgan fingerprint density at radius 3 is 2.46 bits per heavy atom. The number of primary amides is 1. The summed E-state index contributed by atoms with van der Waals surface area (Å²) in [6.07, 6.45) is -0.646. The summed E-state index contributed by atoms with van der Waals surface area (Å²) in [4.78, 5) is 23.6. The van der Waals surface area contributed by atoms with Gasteiger partial charge in [-0.25, -0.2) is 10.2 Å². The average Bonchev–Trinajstić information content (AvgIpc) is 2.70. The summed E-state index contributed by atoms with van der Waals surface area (Å²) in [6, 6.07) is -1.11. The molecular formula is C10H14N4O8S2. The highest BCUT2D eigenvalue weighted by Crippen LogP contribution is 2.47. The minimum atomic E-state index is -4.91. The van der Waals surface area contributed by atoms with Gasteiger partial charge in [-0.15, -0.1) is 0 Å². The number of fused-ring (bicyclic) bond motifs is 1. The lowest BCUT2D eigenvalue weighted by atomic mass is 9.89. The van der Waals surface area contributed by atoms with Crippen molar-refractivity contribution in [2.75, 3.05) is 7.05 Å². The summed E-state index contributed by atoms with van der Waals surface area (Å²) in [5.41, 5.74) is 5.84. The molecule has 0 aromatic rings. The molecule has 1 fully saturated rings. The van der Waals surface area contributed by atoms with E-state index in [2.05, 4.69) is 5.10 Å². The van der Waals surface area contributed by atoms with Crippen LogP contribution in [0.15, 0.2) is 16.9 Å². The molecule has 24 heavy (non-hydrogen) atoms. The molecule has 2 rings (SSSR count). The molecule has 134 valence electrons. The Morgan fingerprint density at radius 2 is 2.00 bits per heavy atom. The average molecular weight is 382 g/mol. The zero-order valence-electron chi connectivity index (χ0n) is 12.2. The van der Waals surface area contributed by atoms with Crippen molar-refractivity contribution in [1.82, 2.24) is 10.3 Å². The van der Waals surface area contributed by atoms with Crippen LogP contribution < -0.4 is 11.2 Å². The quantitative estimate of drug-likeness (QED) is 0.316. The predicted octanol–water partition coefficient (Wildman–Crippen LogP) is -1.96. The van der Waals surface area contributed by atoms with Crippen molar-refractivity contribution in [2.45, 2.75) is 23.0 Å². The summed E-state index contributed by atoms with van der Waals surface area (Å²) in [6.45, 7) is 0. The lowest BCUT2D eigenvalue weighted by Gasteiger charge is -2.31. The second-order valence-electron chi connectivity index (χ2n) is 5.36. The number of likely N-dealkylation sites (tertiary alicyclic amines) is 1. The van der Waals surface area contributed by atoms with Crippen molar-refractivity contribution in [3.63, 3.8) is 0 Å². The fourth-order valence-corrected chi connectivity index (χ4v) is 5.08. The van der Waals surface area contributed by atoms with Gasteiger partial charge in [0.15, 0.2) is 5.37 Å². The number of carbonyl (C=O) groups excluding carboxylic acids is 2. The largest absolute Gasteiger partial charge is 0.358 e. The van der Waals surface area contributed by atoms with E-state index in [1.165, 1.54) is 0 Å². The van der Waals surface area contributed by atoms with Gasteiger partial charge in [0, 0.05) is 31.7 Å². The van der Waals surface area contributed by atoms with Gasteiger partial charge in [-0.3, -0.25) is 13.9 Å². The second-order valence-corrected chi connectivity index (χ2v) is 8.66. The Morgan fingerprint density at radius 1 is 1.42 bits per heavy atom. The van der Waals surface area contributed by atoms with Crippen LogP contribution in [0, 0.1) is 0 Å². The molecule has 12 nitrogen and oxygen atoms in total. The number of urea groups is 1. The van der Waals surface area contributed by atoms with Gasteiger partial charge in [-0.2, -0.15) is 21.9 Å². The molecule has 2 aliphatic rings. The minimum Gasteiger partial charge on any atom is -0.358 e. The van der Waals surface area contributed by atoms with Crippen LogP contribution in [0.1, 0.15) is 12.8 Å². The fraction of sp³-hybridized carbons (Fsp3) is 0.500. The van der Waals surface area contributed by atoms with Crippen molar-refractivity contribution in [3.8, 4) is 0 Å². The molecule has 1 heterocycles. The Bertz CT molecular complexity index is 875. The number of rotatable bonds is 3. The lowest BCUT2D eigenvalue weighted by molar-refractivity contribution is -0.109. The van der Waals surface area contributed by atoms with Crippen LogP contribution in [0.25, 0.3) is 0 Å². The Balaban J connectivity index is 2.63. The van der Waals surface area contributed by atoms with Crippen molar-refractivity contribution in [1.29, 1.82) is 0 Å². The standard InChI is InChI=1S/C10H14N4O8S2/c1-14-7-2-6(15)5(12-13-9(11)16)3-10(7,24(20,21)22)4-8(14)23(17,18)19/h2,8H,3-4H2,1H3,(H3,11,13,16)(H,17,18,19)(H,20,21,22)/b12-5-.